The first-order chi connectivity index (χ1) is 15.1. The maximum atomic E-state index is 13.4. The van der Waals surface area contributed by atoms with Crippen LogP contribution in [-0.2, 0) is 14.3 Å². The van der Waals surface area contributed by atoms with Crippen molar-refractivity contribution in [1.82, 2.24) is 15.5 Å². The van der Waals surface area contributed by atoms with Crippen molar-refractivity contribution in [2.24, 2.45) is 0 Å². The van der Waals surface area contributed by atoms with Gasteiger partial charge in [0.1, 0.15) is 18.2 Å². The minimum absolute atomic E-state index is 0.00590. The number of alkyl carbamates (subject to hydrolysis) is 1. The lowest BCUT2D eigenvalue weighted by Gasteiger charge is -2.33. The summed E-state index contributed by atoms with van der Waals surface area (Å²) in [5, 5.41) is 5.59. The van der Waals surface area contributed by atoms with Crippen molar-refractivity contribution in [2.75, 3.05) is 6.54 Å². The first kappa shape index (κ1) is 25.4. The van der Waals surface area contributed by atoms with E-state index in [2.05, 4.69) is 24.1 Å². The molecule has 2 N–H and O–H groups in total. The second-order valence-electron chi connectivity index (χ2n) is 9.36. The van der Waals surface area contributed by atoms with Gasteiger partial charge in [-0.3, -0.25) is 9.59 Å². The minimum Gasteiger partial charge on any atom is -0.444 e. The van der Waals surface area contributed by atoms with E-state index < -0.39 is 17.7 Å². The summed E-state index contributed by atoms with van der Waals surface area (Å²) >= 11 is 0. The molecule has 32 heavy (non-hydrogen) atoms. The summed E-state index contributed by atoms with van der Waals surface area (Å²) in [5.41, 5.74) is 0.935. The van der Waals surface area contributed by atoms with Crippen molar-refractivity contribution in [2.45, 2.75) is 84.0 Å². The zero-order valence-corrected chi connectivity index (χ0v) is 19.9. The van der Waals surface area contributed by atoms with Gasteiger partial charge in [0.2, 0.25) is 11.8 Å². The Morgan fingerprint density at radius 1 is 1.28 bits per heavy atom. The van der Waals surface area contributed by atoms with Gasteiger partial charge >= 0.3 is 6.09 Å². The molecule has 1 aliphatic carbocycles. The van der Waals surface area contributed by atoms with Crippen LogP contribution in [0, 0.1) is 0 Å². The molecule has 2 atom stereocenters. The molecule has 2 rings (SSSR count). The van der Waals surface area contributed by atoms with Crippen LogP contribution in [0.25, 0.3) is 6.08 Å². The van der Waals surface area contributed by atoms with Gasteiger partial charge in [-0.05, 0) is 64.2 Å². The first-order valence-electron chi connectivity index (χ1n) is 11.4. The highest BCUT2D eigenvalue weighted by molar-refractivity contribution is 5.91. The smallest absolute Gasteiger partial charge is 0.408 e. The van der Waals surface area contributed by atoms with Crippen molar-refractivity contribution in [3.8, 4) is 0 Å². The topological polar surface area (TPSA) is 87.7 Å². The summed E-state index contributed by atoms with van der Waals surface area (Å²) in [4.78, 5) is 40.3. The Morgan fingerprint density at radius 3 is 2.53 bits per heavy atom. The SMILES string of the molecule is C=Cc1cccc(C(C(=O)NC(C)CCC)N(C(=O)CNC(=O)OC(C)(C)C)C2CC2)c1. The molecule has 7 nitrogen and oxygen atoms in total. The first-order valence-corrected chi connectivity index (χ1v) is 11.4. The van der Waals surface area contributed by atoms with Gasteiger partial charge in [0.15, 0.2) is 0 Å². The average Bonchev–Trinajstić information content (AvgIpc) is 3.53. The fourth-order valence-electron chi connectivity index (χ4n) is 3.59. The van der Waals surface area contributed by atoms with Gasteiger partial charge in [-0.1, -0.05) is 44.2 Å². The Balaban J connectivity index is 2.28. The summed E-state index contributed by atoms with van der Waals surface area (Å²) in [7, 11) is 0. The van der Waals surface area contributed by atoms with Gasteiger partial charge in [-0.25, -0.2) is 4.79 Å². The molecule has 0 heterocycles. The van der Waals surface area contributed by atoms with Gasteiger partial charge < -0.3 is 20.3 Å². The Hall–Kier alpha value is -2.83. The molecule has 1 aromatic carbocycles. The summed E-state index contributed by atoms with van der Waals surface area (Å²) in [6.07, 6.45) is 4.51. The van der Waals surface area contributed by atoms with Crippen LogP contribution in [0.2, 0.25) is 0 Å². The molecule has 0 aliphatic heterocycles. The molecule has 176 valence electrons. The van der Waals surface area contributed by atoms with Crippen molar-refractivity contribution in [3.05, 3.63) is 42.0 Å². The molecule has 1 aliphatic rings. The number of carbonyl (C=O) groups is 3. The third-order valence-electron chi connectivity index (χ3n) is 5.11. The molecule has 1 saturated carbocycles. The van der Waals surface area contributed by atoms with E-state index in [9.17, 15) is 14.4 Å². The fourth-order valence-corrected chi connectivity index (χ4v) is 3.59. The van der Waals surface area contributed by atoms with Gasteiger partial charge in [0.05, 0.1) is 0 Å². The molecule has 2 unspecified atom stereocenters. The number of carbonyl (C=O) groups excluding carboxylic acids is 3. The highest BCUT2D eigenvalue weighted by Crippen LogP contribution is 2.35. The lowest BCUT2D eigenvalue weighted by molar-refractivity contribution is -0.141. The van der Waals surface area contributed by atoms with Crippen LogP contribution in [-0.4, -0.2) is 47.0 Å². The third-order valence-corrected chi connectivity index (χ3v) is 5.11. The standard InChI is InChI=1S/C25H37N3O4/c1-7-10-17(3)27-23(30)22(19-12-9-11-18(8-2)15-19)28(20-13-14-20)21(29)16-26-24(31)32-25(4,5)6/h8-9,11-12,15,17,20,22H,2,7,10,13-14,16H2,1,3-6H3,(H,26,31)(H,27,30). The number of nitrogens with zero attached hydrogens (tertiary/aromatic N) is 1. The van der Waals surface area contributed by atoms with Crippen LogP contribution in [0.1, 0.15) is 77.5 Å². The van der Waals surface area contributed by atoms with Crippen LogP contribution in [0.3, 0.4) is 0 Å². The van der Waals surface area contributed by atoms with E-state index in [1.54, 1.807) is 31.7 Å². The molecular weight excluding hydrogens is 406 g/mol. The third kappa shape index (κ3) is 7.70. The molecule has 0 aromatic heterocycles. The number of benzene rings is 1. The Labute approximate surface area is 191 Å². The Morgan fingerprint density at radius 2 is 1.97 bits per heavy atom. The van der Waals surface area contributed by atoms with E-state index in [0.29, 0.717) is 0 Å². The van der Waals surface area contributed by atoms with Crippen molar-refractivity contribution in [1.29, 1.82) is 0 Å². The van der Waals surface area contributed by atoms with Gasteiger partial charge in [0.25, 0.3) is 0 Å². The van der Waals surface area contributed by atoms with Crippen LogP contribution in [0.5, 0.6) is 0 Å². The summed E-state index contributed by atoms with van der Waals surface area (Å²) in [6, 6.07) is 6.67. The fraction of sp³-hybridized carbons (Fsp3) is 0.560. The second kappa shape index (κ2) is 11.2. The second-order valence-corrected chi connectivity index (χ2v) is 9.36. The summed E-state index contributed by atoms with van der Waals surface area (Å²) in [6.45, 7) is 12.9. The quantitative estimate of drug-likeness (QED) is 0.568. The van der Waals surface area contributed by atoms with Crippen molar-refractivity contribution < 1.29 is 19.1 Å². The number of amides is 3. The van der Waals surface area contributed by atoms with Crippen LogP contribution < -0.4 is 10.6 Å². The Kier molecular flexibility index (Phi) is 8.87. The van der Waals surface area contributed by atoms with E-state index in [4.69, 9.17) is 4.74 Å². The van der Waals surface area contributed by atoms with Crippen LogP contribution in [0.15, 0.2) is 30.8 Å². The zero-order valence-electron chi connectivity index (χ0n) is 19.9. The monoisotopic (exact) mass is 443 g/mol. The highest BCUT2D eigenvalue weighted by Gasteiger charge is 2.41. The largest absolute Gasteiger partial charge is 0.444 e. The average molecular weight is 444 g/mol. The predicted molar refractivity (Wildman–Crippen MR) is 126 cm³/mol. The lowest BCUT2D eigenvalue weighted by atomic mass is 10.0. The normalized spacial score (nSPS) is 15.3. The van der Waals surface area contributed by atoms with Gasteiger partial charge in [-0.15, -0.1) is 0 Å². The maximum Gasteiger partial charge on any atom is 0.408 e. The van der Waals surface area contributed by atoms with Crippen molar-refractivity contribution in [3.63, 3.8) is 0 Å². The molecule has 0 radical (unpaired) electrons. The molecule has 1 fully saturated rings. The molecule has 7 heteroatoms. The molecule has 1 aromatic rings. The Bertz CT molecular complexity index is 827. The van der Waals surface area contributed by atoms with Crippen molar-refractivity contribution >= 4 is 24.0 Å². The van der Waals surface area contributed by atoms with E-state index >= 15 is 0 Å². The number of ether oxygens (including phenoxy) is 1. The minimum atomic E-state index is -0.783. The number of hydrogen-bond donors (Lipinski definition) is 2. The lowest BCUT2D eigenvalue weighted by Crippen LogP contribution is -2.50. The molecule has 3 amide bonds. The predicted octanol–water partition coefficient (Wildman–Crippen LogP) is 4.19. The van der Waals surface area contributed by atoms with Crippen LogP contribution in [0.4, 0.5) is 4.79 Å². The van der Waals surface area contributed by atoms with E-state index in [-0.39, 0.29) is 30.4 Å². The van der Waals surface area contributed by atoms with E-state index in [0.717, 1.165) is 36.8 Å². The van der Waals surface area contributed by atoms with E-state index in [1.807, 2.05) is 31.2 Å². The molecular formula is C25H37N3O4. The number of rotatable bonds is 10. The zero-order chi connectivity index (χ0) is 23.9. The summed E-state index contributed by atoms with van der Waals surface area (Å²) < 4.78 is 5.24. The number of nitrogens with one attached hydrogen (secondary N) is 2. The summed E-state index contributed by atoms with van der Waals surface area (Å²) in [5.74, 6) is -0.532. The highest BCUT2D eigenvalue weighted by atomic mass is 16.6. The molecule has 0 spiro atoms. The maximum absolute atomic E-state index is 13.4. The molecule has 0 bridgehead atoms. The van der Waals surface area contributed by atoms with E-state index in [1.165, 1.54) is 0 Å². The van der Waals surface area contributed by atoms with Gasteiger partial charge in [0, 0.05) is 12.1 Å². The van der Waals surface area contributed by atoms with Gasteiger partial charge in [-0.2, -0.15) is 0 Å². The molecule has 0 saturated heterocycles. The number of hydrogen-bond acceptors (Lipinski definition) is 4. The van der Waals surface area contributed by atoms with Crippen LogP contribution >= 0.6 is 0 Å².